The van der Waals surface area contributed by atoms with E-state index in [1.54, 1.807) is 6.08 Å². The maximum Gasteiger partial charge on any atom is 0.323 e. The van der Waals surface area contributed by atoms with E-state index in [0.29, 0.717) is 13.2 Å². The lowest BCUT2D eigenvalue weighted by molar-refractivity contribution is -0.142. The molecule has 1 aliphatic heterocycles. The van der Waals surface area contributed by atoms with Crippen molar-refractivity contribution in [1.29, 1.82) is 0 Å². The van der Waals surface area contributed by atoms with Crippen molar-refractivity contribution in [2.24, 2.45) is 0 Å². The number of ether oxygens (including phenoxy) is 1. The second-order valence-electron chi connectivity index (χ2n) is 2.72. The molecule has 0 aromatic rings. The molecule has 2 atom stereocenters. The summed E-state index contributed by atoms with van der Waals surface area (Å²) >= 11 is 0. The number of carboxylic acid groups (broad SMARTS) is 1. The fraction of sp³-hybridized carbons (Fsp3) is 0.625. The van der Waals surface area contributed by atoms with Crippen LogP contribution in [0.3, 0.4) is 0 Å². The Hall–Kier alpha value is -0.870. The zero-order valence-electron chi connectivity index (χ0n) is 6.82. The smallest absolute Gasteiger partial charge is 0.323 e. The zero-order valence-corrected chi connectivity index (χ0v) is 6.82. The van der Waals surface area contributed by atoms with Gasteiger partial charge in [-0.2, -0.15) is 0 Å². The summed E-state index contributed by atoms with van der Waals surface area (Å²) in [5, 5.41) is 11.6. The first-order chi connectivity index (χ1) is 5.75. The third-order valence-electron chi connectivity index (χ3n) is 1.86. The summed E-state index contributed by atoms with van der Waals surface area (Å²) in [6.07, 6.45) is 2.17. The molecular weight excluding hydrogens is 158 g/mol. The lowest BCUT2D eigenvalue weighted by atomic mass is 10.2. The van der Waals surface area contributed by atoms with E-state index >= 15 is 0 Å². The van der Waals surface area contributed by atoms with E-state index in [1.807, 2.05) is 0 Å². The van der Waals surface area contributed by atoms with Crippen molar-refractivity contribution in [2.75, 3.05) is 13.2 Å². The van der Waals surface area contributed by atoms with Crippen LogP contribution in [-0.2, 0) is 9.53 Å². The van der Waals surface area contributed by atoms with Crippen LogP contribution < -0.4 is 5.32 Å². The van der Waals surface area contributed by atoms with Gasteiger partial charge < -0.3 is 15.2 Å². The van der Waals surface area contributed by atoms with E-state index in [4.69, 9.17) is 9.84 Å². The van der Waals surface area contributed by atoms with Gasteiger partial charge in [-0.15, -0.1) is 6.58 Å². The summed E-state index contributed by atoms with van der Waals surface area (Å²) in [5.41, 5.74) is 0. The topological polar surface area (TPSA) is 58.6 Å². The normalized spacial score (nSPS) is 28.7. The molecule has 1 rings (SSSR count). The lowest BCUT2D eigenvalue weighted by Gasteiger charge is -2.14. The summed E-state index contributed by atoms with van der Waals surface area (Å²) in [7, 11) is 0. The highest BCUT2D eigenvalue weighted by molar-refractivity contribution is 5.74. The minimum absolute atomic E-state index is 0.208. The Morgan fingerprint density at radius 3 is 3.17 bits per heavy atom. The Morgan fingerprint density at radius 2 is 2.58 bits per heavy atom. The van der Waals surface area contributed by atoms with Crippen LogP contribution in [-0.4, -0.2) is 36.4 Å². The summed E-state index contributed by atoms with van der Waals surface area (Å²) < 4.78 is 5.26. The van der Waals surface area contributed by atoms with Gasteiger partial charge in [0.05, 0.1) is 12.7 Å². The molecule has 2 N–H and O–H groups in total. The van der Waals surface area contributed by atoms with Gasteiger partial charge in [-0.25, -0.2) is 0 Å². The highest BCUT2D eigenvalue weighted by Crippen LogP contribution is 2.11. The van der Waals surface area contributed by atoms with Crippen LogP contribution in [0, 0.1) is 0 Å². The third kappa shape index (κ3) is 2.06. The van der Waals surface area contributed by atoms with Crippen LogP contribution in [0.4, 0.5) is 0 Å². The van der Waals surface area contributed by atoms with Gasteiger partial charge in [-0.3, -0.25) is 4.79 Å². The molecule has 2 unspecified atom stereocenters. The van der Waals surface area contributed by atoms with Gasteiger partial charge in [0.25, 0.3) is 0 Å². The molecule has 0 saturated carbocycles. The summed E-state index contributed by atoms with van der Waals surface area (Å²) in [6, 6.07) is -0.551. The molecule has 0 radical (unpaired) electrons. The van der Waals surface area contributed by atoms with Crippen LogP contribution in [0.2, 0.25) is 0 Å². The first-order valence-electron chi connectivity index (χ1n) is 3.94. The fourth-order valence-electron chi connectivity index (χ4n) is 1.30. The van der Waals surface area contributed by atoms with Gasteiger partial charge in [-0.1, -0.05) is 6.08 Å². The quantitative estimate of drug-likeness (QED) is 0.585. The summed E-state index contributed by atoms with van der Waals surface area (Å²) in [6.45, 7) is 4.62. The molecule has 0 bridgehead atoms. The van der Waals surface area contributed by atoms with Crippen molar-refractivity contribution in [3.63, 3.8) is 0 Å². The molecule has 4 heteroatoms. The van der Waals surface area contributed by atoms with Crippen molar-refractivity contribution in [2.45, 2.75) is 18.6 Å². The molecule has 0 spiro atoms. The van der Waals surface area contributed by atoms with Crippen LogP contribution >= 0.6 is 0 Å². The lowest BCUT2D eigenvalue weighted by Crippen LogP contribution is -2.39. The molecule has 1 fully saturated rings. The Morgan fingerprint density at radius 1 is 1.83 bits per heavy atom. The molecule has 0 aliphatic carbocycles. The van der Waals surface area contributed by atoms with E-state index in [1.165, 1.54) is 0 Å². The van der Waals surface area contributed by atoms with Gasteiger partial charge in [0.1, 0.15) is 6.04 Å². The van der Waals surface area contributed by atoms with Gasteiger partial charge in [0.15, 0.2) is 0 Å². The summed E-state index contributed by atoms with van der Waals surface area (Å²) in [5.74, 6) is -0.846. The molecule has 1 aliphatic rings. The predicted molar refractivity (Wildman–Crippen MR) is 44.0 cm³/mol. The summed E-state index contributed by atoms with van der Waals surface area (Å²) in [4.78, 5) is 10.6. The molecule has 0 aromatic carbocycles. The monoisotopic (exact) mass is 171 g/mol. The van der Waals surface area contributed by atoms with Crippen molar-refractivity contribution in [3.8, 4) is 0 Å². The standard InChI is InChI=1S/C8H13NO3/c1-2-5-12-6-3-4-9-7(6)8(10)11/h2,6-7,9H,1,3-5H2,(H,10,11). The van der Waals surface area contributed by atoms with Gasteiger partial charge in [-0.05, 0) is 13.0 Å². The predicted octanol–water partition coefficient (Wildman–Crippen LogP) is 0.00410. The maximum atomic E-state index is 10.6. The van der Waals surface area contributed by atoms with E-state index in [2.05, 4.69) is 11.9 Å². The molecule has 1 saturated heterocycles. The van der Waals surface area contributed by atoms with Gasteiger partial charge >= 0.3 is 5.97 Å². The van der Waals surface area contributed by atoms with Crippen LogP contribution in [0.15, 0.2) is 12.7 Å². The minimum Gasteiger partial charge on any atom is -0.480 e. The number of carbonyl (C=O) groups is 1. The second-order valence-corrected chi connectivity index (χ2v) is 2.72. The molecule has 68 valence electrons. The van der Waals surface area contributed by atoms with Crippen LogP contribution in [0.25, 0.3) is 0 Å². The Kier molecular flexibility index (Phi) is 3.25. The number of nitrogens with one attached hydrogen (secondary N) is 1. The molecule has 0 amide bonds. The third-order valence-corrected chi connectivity index (χ3v) is 1.86. The Labute approximate surface area is 71.2 Å². The van der Waals surface area contributed by atoms with Crippen molar-refractivity contribution in [3.05, 3.63) is 12.7 Å². The van der Waals surface area contributed by atoms with E-state index in [0.717, 1.165) is 6.42 Å². The number of hydrogen-bond acceptors (Lipinski definition) is 3. The average Bonchev–Trinajstić information content (AvgIpc) is 2.48. The van der Waals surface area contributed by atoms with Crippen molar-refractivity contribution in [1.82, 2.24) is 5.32 Å². The van der Waals surface area contributed by atoms with E-state index in [-0.39, 0.29) is 6.10 Å². The average molecular weight is 171 g/mol. The fourth-order valence-corrected chi connectivity index (χ4v) is 1.30. The molecule has 0 aromatic heterocycles. The molecule has 4 nitrogen and oxygen atoms in total. The van der Waals surface area contributed by atoms with Gasteiger partial charge in [0.2, 0.25) is 0 Å². The first kappa shape index (κ1) is 9.22. The largest absolute Gasteiger partial charge is 0.480 e. The van der Waals surface area contributed by atoms with Crippen LogP contribution in [0.1, 0.15) is 6.42 Å². The van der Waals surface area contributed by atoms with Crippen molar-refractivity contribution >= 4 is 5.97 Å². The highest BCUT2D eigenvalue weighted by atomic mass is 16.5. The second kappa shape index (κ2) is 4.23. The van der Waals surface area contributed by atoms with E-state index < -0.39 is 12.0 Å². The number of rotatable bonds is 4. The highest BCUT2D eigenvalue weighted by Gasteiger charge is 2.32. The zero-order chi connectivity index (χ0) is 8.97. The van der Waals surface area contributed by atoms with Crippen LogP contribution in [0.5, 0.6) is 0 Å². The first-order valence-corrected chi connectivity index (χ1v) is 3.94. The van der Waals surface area contributed by atoms with E-state index in [9.17, 15) is 4.79 Å². The molecule has 1 heterocycles. The minimum atomic E-state index is -0.846. The molecular formula is C8H13NO3. The number of aliphatic carboxylic acids is 1. The SMILES string of the molecule is C=CCOC1CCNC1C(=O)O. The molecule has 12 heavy (non-hydrogen) atoms. The Bertz CT molecular complexity index is 181. The number of carboxylic acids is 1. The Balaban J connectivity index is 2.40. The number of hydrogen-bond donors (Lipinski definition) is 2. The van der Waals surface area contributed by atoms with Crippen molar-refractivity contribution < 1.29 is 14.6 Å². The maximum absolute atomic E-state index is 10.6. The van der Waals surface area contributed by atoms with Gasteiger partial charge in [0, 0.05) is 0 Å².